The minimum Gasteiger partial charge on any atom is -0.497 e. The molecule has 0 saturated carbocycles. The first-order valence-corrected chi connectivity index (χ1v) is 7.72. The molecule has 5 heteroatoms. The molecule has 0 aliphatic rings. The molecule has 5 nitrogen and oxygen atoms in total. The van der Waals surface area contributed by atoms with Crippen molar-refractivity contribution in [1.29, 1.82) is 0 Å². The summed E-state index contributed by atoms with van der Waals surface area (Å²) in [4.78, 5) is 23.1. The van der Waals surface area contributed by atoms with Gasteiger partial charge >= 0.3 is 5.97 Å². The Labute approximate surface area is 141 Å². The van der Waals surface area contributed by atoms with Crippen LogP contribution in [0.5, 0.6) is 5.75 Å². The van der Waals surface area contributed by atoms with Gasteiger partial charge in [-0.05, 0) is 48.7 Å². The Kier molecular flexibility index (Phi) is 5.95. The topological polar surface area (TPSA) is 75.6 Å². The summed E-state index contributed by atoms with van der Waals surface area (Å²) in [5.41, 5.74) is 1.95. The molecule has 0 fully saturated rings. The zero-order valence-corrected chi connectivity index (χ0v) is 13.8. The molecule has 2 N–H and O–H groups in total. The number of amides is 1. The molecule has 2 rings (SSSR count). The average Bonchev–Trinajstić information content (AvgIpc) is 2.54. The van der Waals surface area contributed by atoms with Gasteiger partial charge in [-0.3, -0.25) is 4.79 Å². The van der Waals surface area contributed by atoms with E-state index in [4.69, 9.17) is 9.84 Å². The predicted octanol–water partition coefficient (Wildman–Crippen LogP) is 2.68. The Morgan fingerprint density at radius 1 is 1.12 bits per heavy atom. The second kappa shape index (κ2) is 8.15. The Hall–Kier alpha value is -2.82. The molecule has 0 spiro atoms. The molecule has 1 atom stereocenters. The van der Waals surface area contributed by atoms with Crippen molar-refractivity contribution in [2.45, 2.75) is 25.8 Å². The Morgan fingerprint density at radius 3 is 2.54 bits per heavy atom. The average molecular weight is 327 g/mol. The van der Waals surface area contributed by atoms with E-state index >= 15 is 0 Å². The van der Waals surface area contributed by atoms with Crippen molar-refractivity contribution in [3.05, 3.63) is 65.2 Å². The summed E-state index contributed by atoms with van der Waals surface area (Å²) in [7, 11) is 1.62. The van der Waals surface area contributed by atoms with Crippen molar-refractivity contribution in [3.63, 3.8) is 0 Å². The zero-order valence-electron chi connectivity index (χ0n) is 13.8. The van der Waals surface area contributed by atoms with Gasteiger partial charge in [0.2, 0.25) is 5.91 Å². The number of hydrogen-bond donors (Lipinski definition) is 2. The van der Waals surface area contributed by atoms with Gasteiger partial charge in [-0.25, -0.2) is 4.79 Å². The zero-order chi connectivity index (χ0) is 17.5. The van der Waals surface area contributed by atoms with Crippen LogP contribution in [0.15, 0.2) is 48.5 Å². The van der Waals surface area contributed by atoms with Crippen LogP contribution in [-0.4, -0.2) is 30.1 Å². The van der Waals surface area contributed by atoms with Crippen LogP contribution in [0.25, 0.3) is 0 Å². The molecule has 1 unspecified atom stereocenters. The monoisotopic (exact) mass is 327 g/mol. The lowest BCUT2D eigenvalue weighted by Crippen LogP contribution is -2.35. The van der Waals surface area contributed by atoms with E-state index in [1.165, 1.54) is 12.1 Å². The lowest BCUT2D eigenvalue weighted by Gasteiger charge is -2.14. The third kappa shape index (κ3) is 5.12. The number of methoxy groups -OCH3 is 1. The molecule has 0 aliphatic carbocycles. The highest BCUT2D eigenvalue weighted by atomic mass is 16.5. The first-order chi connectivity index (χ1) is 11.5. The molecule has 2 aromatic carbocycles. The van der Waals surface area contributed by atoms with Crippen molar-refractivity contribution in [2.75, 3.05) is 7.11 Å². The van der Waals surface area contributed by atoms with E-state index in [0.717, 1.165) is 11.3 Å². The Morgan fingerprint density at radius 2 is 1.83 bits per heavy atom. The van der Waals surface area contributed by atoms with E-state index in [9.17, 15) is 9.59 Å². The van der Waals surface area contributed by atoms with Crippen LogP contribution in [0, 0.1) is 0 Å². The van der Waals surface area contributed by atoms with Crippen LogP contribution in [0.1, 0.15) is 28.4 Å². The van der Waals surface area contributed by atoms with Gasteiger partial charge in [0.15, 0.2) is 0 Å². The molecule has 0 saturated heterocycles. The number of carbonyl (C=O) groups is 2. The Bertz CT molecular complexity index is 727. The maximum Gasteiger partial charge on any atom is 0.335 e. The number of benzene rings is 2. The van der Waals surface area contributed by atoms with Crippen LogP contribution in [0.2, 0.25) is 0 Å². The number of carboxylic acid groups (broad SMARTS) is 1. The van der Waals surface area contributed by atoms with E-state index in [1.807, 2.05) is 31.2 Å². The van der Waals surface area contributed by atoms with Gasteiger partial charge in [-0.1, -0.05) is 24.3 Å². The molecule has 0 aromatic heterocycles. The van der Waals surface area contributed by atoms with E-state index in [2.05, 4.69) is 5.32 Å². The summed E-state index contributed by atoms with van der Waals surface area (Å²) in [6, 6.07) is 14.1. The summed E-state index contributed by atoms with van der Waals surface area (Å²) in [5.74, 6) is -0.340. The lowest BCUT2D eigenvalue weighted by molar-refractivity contribution is -0.121. The highest BCUT2D eigenvalue weighted by molar-refractivity contribution is 5.88. The molecule has 24 heavy (non-hydrogen) atoms. The number of carboxylic acids is 1. The first kappa shape index (κ1) is 17.5. The maximum atomic E-state index is 12.1. The molecule has 126 valence electrons. The molecular formula is C19H21NO4. The SMILES string of the molecule is COc1cccc(CC(C)NC(=O)Cc2cccc(C(=O)O)c2)c1. The van der Waals surface area contributed by atoms with Gasteiger partial charge in [0.05, 0.1) is 19.1 Å². The number of ether oxygens (including phenoxy) is 1. The van der Waals surface area contributed by atoms with Crippen LogP contribution < -0.4 is 10.1 Å². The molecule has 0 heterocycles. The van der Waals surface area contributed by atoms with Gasteiger partial charge in [0, 0.05) is 6.04 Å². The van der Waals surface area contributed by atoms with Crippen molar-refractivity contribution < 1.29 is 19.4 Å². The van der Waals surface area contributed by atoms with Crippen molar-refractivity contribution in [1.82, 2.24) is 5.32 Å². The summed E-state index contributed by atoms with van der Waals surface area (Å²) in [6.45, 7) is 1.94. The third-order valence-corrected chi connectivity index (χ3v) is 3.62. The number of nitrogens with one attached hydrogen (secondary N) is 1. The maximum absolute atomic E-state index is 12.1. The van der Waals surface area contributed by atoms with Crippen LogP contribution in [0.4, 0.5) is 0 Å². The first-order valence-electron chi connectivity index (χ1n) is 7.72. The standard InChI is InChI=1S/C19H21NO4/c1-13(9-14-6-4-8-17(11-14)24-2)20-18(21)12-15-5-3-7-16(10-15)19(22)23/h3-8,10-11,13H,9,12H2,1-2H3,(H,20,21)(H,22,23). The molecule has 1 amide bonds. The van der Waals surface area contributed by atoms with Crippen LogP contribution >= 0.6 is 0 Å². The second-order valence-corrected chi connectivity index (χ2v) is 5.71. The quantitative estimate of drug-likeness (QED) is 0.820. The molecular weight excluding hydrogens is 306 g/mol. The number of aromatic carboxylic acids is 1. The summed E-state index contributed by atoms with van der Waals surface area (Å²) in [5, 5.41) is 11.9. The van der Waals surface area contributed by atoms with Crippen molar-refractivity contribution in [2.24, 2.45) is 0 Å². The van der Waals surface area contributed by atoms with E-state index in [-0.39, 0.29) is 23.9 Å². The molecule has 2 aromatic rings. The van der Waals surface area contributed by atoms with Crippen LogP contribution in [-0.2, 0) is 17.6 Å². The number of hydrogen-bond acceptors (Lipinski definition) is 3. The highest BCUT2D eigenvalue weighted by Crippen LogP contribution is 2.14. The lowest BCUT2D eigenvalue weighted by atomic mass is 10.1. The fraction of sp³-hybridized carbons (Fsp3) is 0.263. The van der Waals surface area contributed by atoms with Gasteiger partial charge < -0.3 is 15.2 Å². The second-order valence-electron chi connectivity index (χ2n) is 5.71. The predicted molar refractivity (Wildman–Crippen MR) is 91.4 cm³/mol. The van der Waals surface area contributed by atoms with Crippen molar-refractivity contribution in [3.8, 4) is 5.75 Å². The fourth-order valence-corrected chi connectivity index (χ4v) is 2.53. The third-order valence-electron chi connectivity index (χ3n) is 3.62. The van der Waals surface area contributed by atoms with Gasteiger partial charge in [0.1, 0.15) is 5.75 Å². The van der Waals surface area contributed by atoms with E-state index < -0.39 is 5.97 Å². The minimum atomic E-state index is -0.997. The Balaban J connectivity index is 1.91. The largest absolute Gasteiger partial charge is 0.497 e. The smallest absolute Gasteiger partial charge is 0.335 e. The van der Waals surface area contributed by atoms with E-state index in [1.54, 1.807) is 19.2 Å². The van der Waals surface area contributed by atoms with Crippen molar-refractivity contribution >= 4 is 11.9 Å². The van der Waals surface area contributed by atoms with Gasteiger partial charge in [0.25, 0.3) is 0 Å². The molecule has 0 aliphatic heterocycles. The summed E-state index contributed by atoms with van der Waals surface area (Å²) < 4.78 is 5.19. The summed E-state index contributed by atoms with van der Waals surface area (Å²) >= 11 is 0. The fourth-order valence-electron chi connectivity index (χ4n) is 2.53. The van der Waals surface area contributed by atoms with Gasteiger partial charge in [-0.15, -0.1) is 0 Å². The highest BCUT2D eigenvalue weighted by Gasteiger charge is 2.11. The summed E-state index contributed by atoms with van der Waals surface area (Å²) in [6.07, 6.45) is 0.849. The number of rotatable bonds is 7. The normalized spacial score (nSPS) is 11.6. The minimum absolute atomic E-state index is 0.0349. The number of carbonyl (C=O) groups excluding carboxylic acids is 1. The van der Waals surface area contributed by atoms with Crippen LogP contribution in [0.3, 0.4) is 0 Å². The van der Waals surface area contributed by atoms with E-state index in [0.29, 0.717) is 12.0 Å². The van der Waals surface area contributed by atoms with Gasteiger partial charge in [-0.2, -0.15) is 0 Å². The molecule has 0 bridgehead atoms. The molecule has 0 radical (unpaired) electrons.